The lowest BCUT2D eigenvalue weighted by atomic mass is 9.95. The molecule has 2 rings (SSSR count). The molecule has 1 heterocycles. The summed E-state index contributed by atoms with van der Waals surface area (Å²) in [6.45, 7) is 6.49. The number of nitrogens with zero attached hydrogens (tertiary/aromatic N) is 2. The Morgan fingerprint density at radius 3 is 2.80 bits per heavy atom. The van der Waals surface area contributed by atoms with Gasteiger partial charge in [-0.25, -0.2) is 0 Å². The molecule has 1 fully saturated rings. The number of nitrogens with two attached hydrogens (primary N) is 1. The van der Waals surface area contributed by atoms with Crippen molar-refractivity contribution in [1.82, 2.24) is 0 Å². The first kappa shape index (κ1) is 14.5. The highest BCUT2D eigenvalue weighted by atomic mass is 16.5. The van der Waals surface area contributed by atoms with Crippen molar-refractivity contribution < 1.29 is 9.94 Å². The highest BCUT2D eigenvalue weighted by Crippen LogP contribution is 2.32. The van der Waals surface area contributed by atoms with E-state index in [4.69, 9.17) is 15.7 Å². The first-order valence-electron chi connectivity index (χ1n) is 6.97. The standard InChI is InChI=1S/C15H23N3O2/c1-10(2)11-6-7-18(9-11)14-8-12(20-3)4-5-13(14)15(16)17-19/h4-5,8,10-11,19H,6-7,9H2,1-3H3,(H2,16,17). The SMILES string of the molecule is COc1ccc(/C(N)=N/O)c(N2CCC(C(C)C)C2)c1. The van der Waals surface area contributed by atoms with Crippen molar-refractivity contribution >= 4 is 11.5 Å². The number of benzene rings is 1. The van der Waals surface area contributed by atoms with Gasteiger partial charge in [0.2, 0.25) is 0 Å². The van der Waals surface area contributed by atoms with Crippen LogP contribution in [0.2, 0.25) is 0 Å². The Morgan fingerprint density at radius 1 is 1.50 bits per heavy atom. The number of rotatable bonds is 4. The van der Waals surface area contributed by atoms with E-state index in [2.05, 4.69) is 23.9 Å². The van der Waals surface area contributed by atoms with Crippen molar-refractivity contribution in [2.75, 3.05) is 25.1 Å². The van der Waals surface area contributed by atoms with Crippen LogP contribution in [0.1, 0.15) is 25.8 Å². The summed E-state index contributed by atoms with van der Waals surface area (Å²) in [5.74, 6) is 2.26. The van der Waals surface area contributed by atoms with Gasteiger partial charge in [0.25, 0.3) is 0 Å². The quantitative estimate of drug-likeness (QED) is 0.383. The number of anilines is 1. The summed E-state index contributed by atoms with van der Waals surface area (Å²) in [6, 6.07) is 5.62. The van der Waals surface area contributed by atoms with E-state index in [1.165, 1.54) is 6.42 Å². The minimum absolute atomic E-state index is 0.135. The van der Waals surface area contributed by atoms with Crippen LogP contribution in [-0.4, -0.2) is 31.2 Å². The highest BCUT2D eigenvalue weighted by Gasteiger charge is 2.27. The molecule has 0 spiro atoms. The van der Waals surface area contributed by atoms with Gasteiger partial charge in [-0.15, -0.1) is 0 Å². The summed E-state index contributed by atoms with van der Waals surface area (Å²) in [7, 11) is 1.64. The molecule has 110 valence electrons. The van der Waals surface area contributed by atoms with Gasteiger partial charge in [0.1, 0.15) is 5.75 Å². The predicted molar refractivity (Wildman–Crippen MR) is 80.7 cm³/mol. The molecule has 1 aromatic carbocycles. The molecule has 1 aliphatic heterocycles. The van der Waals surface area contributed by atoms with Crippen LogP contribution in [0.5, 0.6) is 5.75 Å². The zero-order chi connectivity index (χ0) is 14.7. The molecule has 1 saturated heterocycles. The van der Waals surface area contributed by atoms with Crippen LogP contribution in [0.4, 0.5) is 5.69 Å². The summed E-state index contributed by atoms with van der Waals surface area (Å²) in [6.07, 6.45) is 1.17. The van der Waals surface area contributed by atoms with E-state index in [1.54, 1.807) is 7.11 Å². The highest BCUT2D eigenvalue weighted by molar-refractivity contribution is 6.02. The van der Waals surface area contributed by atoms with E-state index in [0.717, 1.165) is 30.1 Å². The number of amidine groups is 1. The van der Waals surface area contributed by atoms with Gasteiger partial charge in [-0.1, -0.05) is 19.0 Å². The summed E-state index contributed by atoms with van der Waals surface area (Å²) in [5, 5.41) is 12.1. The molecule has 0 bridgehead atoms. The fraction of sp³-hybridized carbons (Fsp3) is 0.533. The number of methoxy groups -OCH3 is 1. The van der Waals surface area contributed by atoms with Gasteiger partial charge in [0.05, 0.1) is 12.8 Å². The molecule has 5 nitrogen and oxygen atoms in total. The monoisotopic (exact) mass is 277 g/mol. The molecule has 1 unspecified atom stereocenters. The Labute approximate surface area is 120 Å². The van der Waals surface area contributed by atoms with Crippen LogP contribution >= 0.6 is 0 Å². The lowest BCUT2D eigenvalue weighted by Gasteiger charge is -2.23. The Bertz CT molecular complexity index is 500. The number of hydrogen-bond acceptors (Lipinski definition) is 4. The lowest BCUT2D eigenvalue weighted by Crippen LogP contribution is -2.25. The molecule has 20 heavy (non-hydrogen) atoms. The van der Waals surface area contributed by atoms with Crippen molar-refractivity contribution in [3.05, 3.63) is 23.8 Å². The predicted octanol–water partition coefficient (Wildman–Crippen LogP) is 2.27. The third kappa shape index (κ3) is 2.81. The first-order chi connectivity index (χ1) is 9.56. The van der Waals surface area contributed by atoms with Gasteiger partial charge in [-0.3, -0.25) is 0 Å². The second-order valence-electron chi connectivity index (χ2n) is 5.61. The minimum Gasteiger partial charge on any atom is -0.497 e. The molecular formula is C15H23N3O2. The van der Waals surface area contributed by atoms with Crippen LogP contribution in [0.15, 0.2) is 23.4 Å². The molecule has 0 aliphatic carbocycles. The zero-order valence-corrected chi connectivity index (χ0v) is 12.3. The Hall–Kier alpha value is -1.91. The van der Waals surface area contributed by atoms with Crippen LogP contribution in [-0.2, 0) is 0 Å². The van der Waals surface area contributed by atoms with Crippen molar-refractivity contribution in [3.63, 3.8) is 0 Å². The number of ether oxygens (including phenoxy) is 1. The van der Waals surface area contributed by atoms with E-state index < -0.39 is 0 Å². The van der Waals surface area contributed by atoms with Gasteiger partial charge < -0.3 is 20.6 Å². The molecule has 1 aromatic rings. The largest absolute Gasteiger partial charge is 0.497 e. The topological polar surface area (TPSA) is 71.1 Å². The maximum absolute atomic E-state index is 8.94. The van der Waals surface area contributed by atoms with Crippen LogP contribution in [0.3, 0.4) is 0 Å². The average molecular weight is 277 g/mol. The Balaban J connectivity index is 2.34. The molecule has 0 amide bonds. The van der Waals surface area contributed by atoms with E-state index >= 15 is 0 Å². The average Bonchev–Trinajstić information content (AvgIpc) is 2.95. The second kappa shape index (κ2) is 6.03. The van der Waals surface area contributed by atoms with Crippen molar-refractivity contribution in [2.24, 2.45) is 22.7 Å². The maximum atomic E-state index is 8.94. The molecule has 1 aliphatic rings. The summed E-state index contributed by atoms with van der Waals surface area (Å²) in [5.41, 5.74) is 7.50. The minimum atomic E-state index is 0.135. The summed E-state index contributed by atoms with van der Waals surface area (Å²) >= 11 is 0. The van der Waals surface area contributed by atoms with Crippen LogP contribution < -0.4 is 15.4 Å². The fourth-order valence-corrected chi connectivity index (χ4v) is 2.72. The molecule has 0 aromatic heterocycles. The van der Waals surface area contributed by atoms with Crippen LogP contribution in [0.25, 0.3) is 0 Å². The maximum Gasteiger partial charge on any atom is 0.172 e. The van der Waals surface area contributed by atoms with Crippen molar-refractivity contribution in [2.45, 2.75) is 20.3 Å². The molecular weight excluding hydrogens is 254 g/mol. The fourth-order valence-electron chi connectivity index (χ4n) is 2.72. The van der Waals surface area contributed by atoms with Gasteiger partial charge in [-0.2, -0.15) is 0 Å². The smallest absolute Gasteiger partial charge is 0.172 e. The van der Waals surface area contributed by atoms with Crippen LogP contribution in [0, 0.1) is 11.8 Å². The molecule has 5 heteroatoms. The molecule has 0 saturated carbocycles. The Morgan fingerprint density at radius 2 is 2.25 bits per heavy atom. The summed E-state index contributed by atoms with van der Waals surface area (Å²) < 4.78 is 5.29. The molecule has 0 radical (unpaired) electrons. The first-order valence-corrected chi connectivity index (χ1v) is 6.97. The van der Waals surface area contributed by atoms with E-state index in [-0.39, 0.29) is 5.84 Å². The van der Waals surface area contributed by atoms with Gasteiger partial charge >= 0.3 is 0 Å². The number of hydrogen-bond donors (Lipinski definition) is 2. The van der Waals surface area contributed by atoms with Gasteiger partial charge in [0.15, 0.2) is 5.84 Å². The molecule has 1 atom stereocenters. The van der Waals surface area contributed by atoms with E-state index in [1.807, 2.05) is 18.2 Å². The third-order valence-electron chi connectivity index (χ3n) is 4.10. The van der Waals surface area contributed by atoms with Crippen molar-refractivity contribution in [3.8, 4) is 5.75 Å². The lowest BCUT2D eigenvalue weighted by molar-refractivity contribution is 0.318. The van der Waals surface area contributed by atoms with Gasteiger partial charge in [-0.05, 0) is 30.4 Å². The van der Waals surface area contributed by atoms with E-state index in [0.29, 0.717) is 11.8 Å². The van der Waals surface area contributed by atoms with E-state index in [9.17, 15) is 0 Å². The Kier molecular flexibility index (Phi) is 4.37. The van der Waals surface area contributed by atoms with Gasteiger partial charge in [0, 0.05) is 24.7 Å². The molecule has 3 N–H and O–H groups in total. The second-order valence-corrected chi connectivity index (χ2v) is 5.61. The van der Waals surface area contributed by atoms with Crippen molar-refractivity contribution in [1.29, 1.82) is 0 Å². The number of oxime groups is 1. The summed E-state index contributed by atoms with van der Waals surface area (Å²) in [4.78, 5) is 2.29. The normalized spacial score (nSPS) is 19.7. The zero-order valence-electron chi connectivity index (χ0n) is 12.3. The third-order valence-corrected chi connectivity index (χ3v) is 4.10.